The molecule has 3 aliphatic rings. The summed E-state index contributed by atoms with van der Waals surface area (Å²) >= 11 is 0. The van der Waals surface area contributed by atoms with Crippen molar-refractivity contribution in [3.8, 4) is 0 Å². The van der Waals surface area contributed by atoms with Crippen LogP contribution in [-0.2, 0) is 39.0 Å². The average Bonchev–Trinajstić information content (AvgIpc) is 3.51. The van der Waals surface area contributed by atoms with Gasteiger partial charge in [-0.25, -0.2) is 21.6 Å². The lowest BCUT2D eigenvalue weighted by atomic mass is 9.70. The highest BCUT2D eigenvalue weighted by molar-refractivity contribution is 7.90. The molecule has 7 N–H and O–H groups in total. The maximum atomic E-state index is 13.7. The van der Waals surface area contributed by atoms with Gasteiger partial charge in [-0.15, -0.1) is 0 Å². The van der Waals surface area contributed by atoms with Crippen LogP contribution in [0.4, 0.5) is 0 Å². The summed E-state index contributed by atoms with van der Waals surface area (Å²) in [5, 5.41) is 2.63. The first-order valence-electron chi connectivity index (χ1n) is 14.3. The summed E-state index contributed by atoms with van der Waals surface area (Å²) in [4.78, 5) is 55.3. The van der Waals surface area contributed by atoms with Crippen LogP contribution in [0, 0.1) is 16.7 Å². The predicted molar refractivity (Wildman–Crippen MR) is 155 cm³/mol. The van der Waals surface area contributed by atoms with Crippen LogP contribution in [0.1, 0.15) is 65.2 Å². The lowest BCUT2D eigenvalue weighted by Crippen LogP contribution is -2.78. The second-order valence-electron chi connectivity index (χ2n) is 12.5. The van der Waals surface area contributed by atoms with Gasteiger partial charge in [-0.1, -0.05) is 13.8 Å². The molecule has 5 unspecified atom stereocenters. The third-order valence-corrected chi connectivity index (χ3v) is 11.8. The zero-order chi connectivity index (χ0) is 31.5. The highest BCUT2D eigenvalue weighted by atomic mass is 32.2. The number of carbonyl (C=O) groups excluding carboxylic acids is 4. The normalized spacial score (nSPS) is 26.5. The number of hydrogen-bond acceptors (Lipinski definition) is 8. The zero-order valence-corrected chi connectivity index (χ0v) is 26.2. The molecule has 0 radical (unpaired) electrons. The maximum absolute atomic E-state index is 13.7. The Morgan fingerprint density at radius 2 is 1.86 bits per heavy atom. The van der Waals surface area contributed by atoms with Gasteiger partial charge in [0.15, 0.2) is 0 Å². The van der Waals surface area contributed by atoms with E-state index in [1.807, 2.05) is 13.8 Å². The van der Waals surface area contributed by atoms with Crippen molar-refractivity contribution in [3.05, 3.63) is 0 Å². The summed E-state index contributed by atoms with van der Waals surface area (Å²) in [7, 11) is -7.78. The fourth-order valence-electron chi connectivity index (χ4n) is 6.77. The lowest BCUT2D eigenvalue weighted by molar-refractivity contribution is -0.459. The van der Waals surface area contributed by atoms with Gasteiger partial charge in [-0.2, -0.15) is 0 Å². The molecule has 3 fully saturated rings. The Bertz CT molecular complexity index is 1310. The fraction of sp³-hybridized carbons (Fsp3) is 0.808. The molecule has 16 heteroatoms. The molecule has 2 aliphatic carbocycles. The van der Waals surface area contributed by atoms with Gasteiger partial charge in [0.05, 0.1) is 24.1 Å². The molecule has 0 spiro atoms. The van der Waals surface area contributed by atoms with Gasteiger partial charge in [0.1, 0.15) is 34.0 Å². The molecular weight excluding hydrogens is 588 g/mol. The highest BCUT2D eigenvalue weighted by Crippen LogP contribution is 2.64. The van der Waals surface area contributed by atoms with Gasteiger partial charge >= 0.3 is 5.96 Å². The van der Waals surface area contributed by atoms with Gasteiger partial charge in [0, 0.05) is 24.6 Å². The molecule has 14 nitrogen and oxygen atoms in total. The third kappa shape index (κ3) is 7.67. The molecular formula is C26H45N6O8S2+. The molecule has 5 atom stereocenters. The number of sulfone groups is 1. The molecule has 2 saturated carbocycles. The van der Waals surface area contributed by atoms with Crippen LogP contribution in [0.15, 0.2) is 0 Å². The standard InChI is InChI=1S/C26H44N6O8S2/c1-25(2)17-8-10-26(25,21(34)14-17)16-42(39,40)31-19(9-13-41(3,37)38)23(36)32-12-5-7-20(32)22(35)30-18(15-33)6-4-11-29-24(27)28/h15,17-20,31H,4-14,16H2,1-3H3,(H,30,35)(H4,27,28,29)/p+1. The monoisotopic (exact) mass is 633 g/mol. The molecule has 2 bridgehead atoms. The molecule has 2 amide bonds. The van der Waals surface area contributed by atoms with E-state index in [4.69, 9.17) is 11.5 Å². The van der Waals surface area contributed by atoms with E-state index < -0.39 is 72.1 Å². The second kappa shape index (κ2) is 13.0. The van der Waals surface area contributed by atoms with Crippen LogP contribution in [-0.4, -0.2) is 101 Å². The number of Topliss-reactive ketones (excluding diaryl/α,β-unsaturated/α-hetero) is 1. The predicted octanol–water partition coefficient (Wildman–Crippen LogP) is -3.09. The number of sulfonamides is 1. The van der Waals surface area contributed by atoms with Crippen LogP contribution in [0.3, 0.4) is 0 Å². The highest BCUT2D eigenvalue weighted by Gasteiger charge is 2.65. The lowest BCUT2D eigenvalue weighted by Gasteiger charge is -2.36. The van der Waals surface area contributed by atoms with E-state index in [1.165, 1.54) is 4.90 Å². The number of guanidine groups is 1. The smallest absolute Gasteiger partial charge is 0.338 e. The number of ketones is 1. The van der Waals surface area contributed by atoms with Crippen molar-refractivity contribution in [2.45, 2.75) is 83.3 Å². The van der Waals surface area contributed by atoms with Crippen LogP contribution >= 0.6 is 0 Å². The molecule has 1 saturated heterocycles. The summed E-state index contributed by atoms with van der Waals surface area (Å²) < 4.78 is 53.3. The molecule has 0 aromatic heterocycles. The Morgan fingerprint density at radius 3 is 2.40 bits per heavy atom. The average molecular weight is 634 g/mol. The number of rotatable bonds is 15. The second-order valence-corrected chi connectivity index (χ2v) is 16.5. The van der Waals surface area contributed by atoms with E-state index in [0.29, 0.717) is 51.4 Å². The number of fused-ring (bicyclic) bond motifs is 2. The number of nitrogens with zero attached hydrogens (tertiary/aromatic N) is 1. The minimum atomic E-state index is -4.22. The molecule has 42 heavy (non-hydrogen) atoms. The van der Waals surface area contributed by atoms with E-state index in [9.17, 15) is 36.0 Å². The summed E-state index contributed by atoms with van der Waals surface area (Å²) in [6.07, 6.45) is 4.28. The number of aldehydes is 1. The topological polar surface area (TPSA) is 230 Å². The molecule has 238 valence electrons. The number of nitrogens with two attached hydrogens (primary N) is 2. The Kier molecular flexibility index (Phi) is 10.5. The molecule has 3 rings (SSSR count). The first-order chi connectivity index (χ1) is 19.4. The number of nitrogens with one attached hydrogen (secondary N) is 3. The van der Waals surface area contributed by atoms with Gasteiger partial charge in [0.2, 0.25) is 21.8 Å². The van der Waals surface area contributed by atoms with Crippen LogP contribution in [0.25, 0.3) is 0 Å². The molecule has 1 aliphatic heterocycles. The Hall–Kier alpha value is -2.59. The fourth-order valence-corrected chi connectivity index (χ4v) is 9.49. The van der Waals surface area contributed by atoms with Crippen molar-refractivity contribution in [3.63, 3.8) is 0 Å². The van der Waals surface area contributed by atoms with E-state index in [-0.39, 0.29) is 30.6 Å². The third-order valence-electron chi connectivity index (χ3n) is 9.32. The van der Waals surface area contributed by atoms with Crippen molar-refractivity contribution in [1.82, 2.24) is 14.9 Å². The first kappa shape index (κ1) is 33.9. The van der Waals surface area contributed by atoms with Crippen molar-refractivity contribution in [1.29, 1.82) is 0 Å². The molecule has 0 aromatic rings. The van der Waals surface area contributed by atoms with E-state index >= 15 is 0 Å². The first-order valence-corrected chi connectivity index (χ1v) is 18.0. The minimum Gasteiger partial charge on any atom is -0.345 e. The SMILES string of the molecule is CC1(C)C2CCC1(CS(=O)(=O)NC(CCS(C)(=O)=O)C(=O)N1CCCC1C(=O)NC(C=O)CCC[NH+]=C(N)N)C(=O)C2. The number of hydrogen-bond donors (Lipinski definition) is 5. The largest absolute Gasteiger partial charge is 0.345 e. The van der Waals surface area contributed by atoms with Crippen LogP contribution < -0.4 is 26.5 Å². The molecule has 1 heterocycles. The Morgan fingerprint density at radius 1 is 1.17 bits per heavy atom. The van der Waals surface area contributed by atoms with Crippen molar-refractivity contribution in [2.75, 3.05) is 30.9 Å². The van der Waals surface area contributed by atoms with Gasteiger partial charge < -0.3 is 15.0 Å². The van der Waals surface area contributed by atoms with E-state index in [0.717, 1.165) is 12.7 Å². The Labute approximate surface area is 247 Å². The van der Waals surface area contributed by atoms with Crippen molar-refractivity contribution in [2.24, 2.45) is 28.2 Å². The summed E-state index contributed by atoms with van der Waals surface area (Å²) in [6.45, 7) is 4.36. The maximum Gasteiger partial charge on any atom is 0.338 e. The van der Waals surface area contributed by atoms with E-state index in [2.05, 4.69) is 15.0 Å². The summed E-state index contributed by atoms with van der Waals surface area (Å²) in [5.74, 6) is -2.20. The zero-order valence-electron chi connectivity index (χ0n) is 24.6. The number of carbonyl (C=O) groups is 4. The minimum absolute atomic E-state index is 0.0356. The number of amides is 2. The summed E-state index contributed by atoms with van der Waals surface area (Å²) in [5.41, 5.74) is 9.10. The van der Waals surface area contributed by atoms with Crippen LogP contribution in [0.5, 0.6) is 0 Å². The molecule has 0 aromatic carbocycles. The van der Waals surface area contributed by atoms with E-state index in [1.54, 1.807) is 0 Å². The van der Waals surface area contributed by atoms with Gasteiger partial charge in [0.25, 0.3) is 0 Å². The van der Waals surface area contributed by atoms with Gasteiger partial charge in [-0.3, -0.25) is 30.8 Å². The number of likely N-dealkylation sites (tertiary alicyclic amines) is 1. The van der Waals surface area contributed by atoms with Crippen molar-refractivity contribution < 1.29 is 41.0 Å². The summed E-state index contributed by atoms with van der Waals surface area (Å²) in [6, 6.07) is -3.23. The Balaban J connectivity index is 1.75. The van der Waals surface area contributed by atoms with Gasteiger partial charge in [-0.05, 0) is 56.3 Å². The van der Waals surface area contributed by atoms with Crippen LogP contribution in [0.2, 0.25) is 0 Å². The van der Waals surface area contributed by atoms with Crippen molar-refractivity contribution >= 4 is 49.7 Å². The quantitative estimate of drug-likeness (QED) is 0.0528.